The molecule has 0 aromatic heterocycles. The van der Waals surface area contributed by atoms with E-state index in [1.807, 2.05) is 54.6 Å². The minimum atomic E-state index is 0. The normalized spacial score (nSPS) is 7.12. The fourth-order valence-electron chi connectivity index (χ4n) is 0.929. The minimum Gasteiger partial charge on any atom is -0.748 e. The van der Waals surface area contributed by atoms with Gasteiger partial charge in [0, 0.05) is 17.1 Å². The van der Waals surface area contributed by atoms with Crippen LogP contribution in [0.15, 0.2) is 61.2 Å². The van der Waals surface area contributed by atoms with E-state index in [2.05, 4.69) is 6.58 Å². The average Bonchev–Trinajstić information content (AvgIpc) is 2.96. The second-order valence-corrected chi connectivity index (χ2v) is 2.87. The van der Waals surface area contributed by atoms with E-state index in [9.17, 15) is 4.79 Å². The Morgan fingerprint density at radius 1 is 1.18 bits per heavy atom. The first kappa shape index (κ1) is 17.7. The second kappa shape index (κ2) is 12.4. The molecule has 0 unspecified atom stereocenters. The molecule has 2 rings (SSSR count). The van der Waals surface area contributed by atoms with Crippen molar-refractivity contribution in [3.05, 3.63) is 66.7 Å². The number of carbonyl (C=O) groups excluding carboxylic acids is 1. The summed E-state index contributed by atoms with van der Waals surface area (Å²) in [6.45, 7) is 4.47. The maximum Gasteiger partial charge on any atom is 0.105 e. The van der Waals surface area contributed by atoms with Gasteiger partial charge in [-0.25, -0.2) is 12.1 Å². The maximum absolute atomic E-state index is 10.5. The zero-order valence-corrected chi connectivity index (χ0v) is 10.8. The second-order valence-electron chi connectivity index (χ2n) is 2.87. The summed E-state index contributed by atoms with van der Waals surface area (Å²) in [5.74, 6) is 1.88. The minimum absolute atomic E-state index is 0. The monoisotopic (exact) mass is 269 g/mol. The van der Waals surface area contributed by atoms with Gasteiger partial charge in [0.15, 0.2) is 0 Å². The Kier molecular flexibility index (Phi) is 12.9. The number of rotatable bonds is 1. The maximum atomic E-state index is 10.5. The quantitative estimate of drug-likeness (QED) is 0.366. The molecular formula is C14H15FeNO-6. The average molecular weight is 269 g/mol. The molecule has 0 aliphatic carbocycles. The topological polar surface area (TPSA) is 40.9 Å². The molecule has 0 bridgehead atoms. The number of ketones is 1. The molecule has 2 aromatic rings. The standard InChI is InChI=1S/C7H7O.C5H5.C2H3N.Fe/c1-6(8)7-4-2-3-5-7;1-2-4-5-3-1;1-2-3;/h2-5H,1H3;1-5H;3H,1H2;/q-1;-5;;. The van der Waals surface area contributed by atoms with Crippen LogP contribution in [0.5, 0.6) is 0 Å². The van der Waals surface area contributed by atoms with Gasteiger partial charge in [-0.05, 0) is 19.4 Å². The molecule has 0 amide bonds. The van der Waals surface area contributed by atoms with Crippen LogP contribution in [0.2, 0.25) is 0 Å². The summed E-state index contributed by atoms with van der Waals surface area (Å²) in [5, 5.41) is 5.85. The van der Waals surface area contributed by atoms with Crippen molar-refractivity contribution in [1.82, 2.24) is 0 Å². The van der Waals surface area contributed by atoms with Crippen LogP contribution < -0.4 is 0 Å². The SMILES string of the molecule is C=C=N.CC(=O)[c-]1cccc1.[Fe].[cH-]1[cH-][cH-][cH-][cH-]1. The van der Waals surface area contributed by atoms with Crippen LogP contribution in [0.4, 0.5) is 0 Å². The van der Waals surface area contributed by atoms with Crippen LogP contribution in [0.3, 0.4) is 0 Å². The largest absolute Gasteiger partial charge is 0.748 e. The summed E-state index contributed by atoms with van der Waals surface area (Å²) >= 11 is 0. The van der Waals surface area contributed by atoms with Gasteiger partial charge < -0.3 is 35.1 Å². The van der Waals surface area contributed by atoms with Crippen molar-refractivity contribution < 1.29 is 21.9 Å². The molecule has 96 valence electrons. The van der Waals surface area contributed by atoms with Gasteiger partial charge in [-0.1, -0.05) is 5.56 Å². The van der Waals surface area contributed by atoms with Crippen molar-refractivity contribution in [1.29, 1.82) is 5.41 Å². The summed E-state index contributed by atoms with van der Waals surface area (Å²) in [6, 6.07) is 17.3. The van der Waals surface area contributed by atoms with Crippen LogP contribution in [0.1, 0.15) is 17.3 Å². The zero-order chi connectivity index (χ0) is 12.2. The molecule has 0 fully saturated rings. The van der Waals surface area contributed by atoms with Crippen molar-refractivity contribution in [3.63, 3.8) is 0 Å². The number of hydrogen-bond acceptors (Lipinski definition) is 2. The van der Waals surface area contributed by atoms with Gasteiger partial charge in [-0.2, -0.15) is 12.1 Å². The van der Waals surface area contributed by atoms with E-state index in [-0.39, 0.29) is 22.9 Å². The first-order valence-electron chi connectivity index (χ1n) is 4.80. The van der Waals surface area contributed by atoms with E-state index in [1.165, 1.54) is 0 Å². The predicted octanol–water partition coefficient (Wildman–Crippen LogP) is 3.43. The smallest absolute Gasteiger partial charge is 0.105 e. The summed E-state index contributed by atoms with van der Waals surface area (Å²) in [7, 11) is 0. The molecule has 3 heteroatoms. The Hall–Kier alpha value is -1.66. The molecule has 1 N–H and O–H groups in total. The Morgan fingerprint density at radius 2 is 1.47 bits per heavy atom. The van der Waals surface area contributed by atoms with Gasteiger partial charge in [-0.3, -0.25) is 5.41 Å². The van der Waals surface area contributed by atoms with E-state index in [4.69, 9.17) is 5.41 Å². The van der Waals surface area contributed by atoms with Gasteiger partial charge >= 0.3 is 0 Å². The number of nitrogens with one attached hydrogen (secondary N) is 1. The molecule has 0 saturated carbocycles. The first-order chi connectivity index (χ1) is 7.72. The molecular weight excluding hydrogens is 254 g/mol. The van der Waals surface area contributed by atoms with Crippen molar-refractivity contribution >= 4 is 11.7 Å². The van der Waals surface area contributed by atoms with Crippen LogP contribution in [-0.2, 0) is 17.1 Å². The van der Waals surface area contributed by atoms with E-state index >= 15 is 0 Å². The molecule has 17 heavy (non-hydrogen) atoms. The molecule has 0 spiro atoms. The molecule has 0 saturated heterocycles. The van der Waals surface area contributed by atoms with E-state index < -0.39 is 0 Å². The molecule has 0 radical (unpaired) electrons. The molecule has 0 atom stereocenters. The third-order valence-electron chi connectivity index (χ3n) is 1.62. The van der Waals surface area contributed by atoms with Crippen molar-refractivity contribution in [2.24, 2.45) is 0 Å². The Labute approximate surface area is 113 Å². The fraction of sp³-hybridized carbons (Fsp3) is 0.0714. The molecule has 2 aromatic carbocycles. The van der Waals surface area contributed by atoms with Crippen molar-refractivity contribution in [2.75, 3.05) is 0 Å². The third-order valence-corrected chi connectivity index (χ3v) is 1.62. The number of hydrogen-bond donors (Lipinski definition) is 1. The number of Topliss-reactive ketones (excluding diaryl/α,β-unsaturated/α-hetero) is 1. The molecule has 0 heterocycles. The van der Waals surface area contributed by atoms with Gasteiger partial charge in [0.2, 0.25) is 0 Å². The summed E-state index contributed by atoms with van der Waals surface area (Å²) in [4.78, 5) is 10.5. The van der Waals surface area contributed by atoms with Gasteiger partial charge in [0.1, 0.15) is 5.78 Å². The Morgan fingerprint density at radius 3 is 1.65 bits per heavy atom. The zero-order valence-electron chi connectivity index (χ0n) is 9.67. The molecule has 0 aliphatic heterocycles. The van der Waals surface area contributed by atoms with Crippen LogP contribution in [0, 0.1) is 5.41 Å². The van der Waals surface area contributed by atoms with E-state index in [0.717, 1.165) is 5.56 Å². The Balaban J connectivity index is 0. The first-order valence-corrected chi connectivity index (χ1v) is 4.80. The molecule has 0 aliphatic rings. The fourth-order valence-corrected chi connectivity index (χ4v) is 0.929. The third kappa shape index (κ3) is 10.6. The summed E-state index contributed by atoms with van der Waals surface area (Å²) in [5.41, 5.74) is 0.796. The van der Waals surface area contributed by atoms with Crippen LogP contribution in [0.25, 0.3) is 0 Å². The van der Waals surface area contributed by atoms with Gasteiger partial charge in [0.05, 0.1) is 0 Å². The van der Waals surface area contributed by atoms with Gasteiger partial charge in [0.25, 0.3) is 0 Å². The van der Waals surface area contributed by atoms with E-state index in [0.29, 0.717) is 0 Å². The van der Waals surface area contributed by atoms with Crippen molar-refractivity contribution in [3.8, 4) is 0 Å². The number of carbonyl (C=O) groups is 1. The van der Waals surface area contributed by atoms with Gasteiger partial charge in [-0.15, -0.1) is 0 Å². The van der Waals surface area contributed by atoms with Crippen LogP contribution in [-0.4, -0.2) is 11.7 Å². The van der Waals surface area contributed by atoms with Crippen molar-refractivity contribution in [2.45, 2.75) is 6.92 Å². The Bertz CT molecular complexity index is 378. The molecule has 2 nitrogen and oxygen atoms in total. The summed E-state index contributed by atoms with van der Waals surface area (Å²) in [6.07, 6.45) is 0. The van der Waals surface area contributed by atoms with Crippen LogP contribution >= 0.6 is 0 Å². The van der Waals surface area contributed by atoms with E-state index in [1.54, 1.807) is 12.8 Å². The summed E-state index contributed by atoms with van der Waals surface area (Å²) < 4.78 is 0. The predicted molar refractivity (Wildman–Crippen MR) is 67.4 cm³/mol.